The molecule has 0 unspecified atom stereocenters. The first-order valence-corrected chi connectivity index (χ1v) is 8.72. The summed E-state index contributed by atoms with van der Waals surface area (Å²) in [6.45, 7) is 1.74. The molecule has 0 saturated heterocycles. The number of nitrogens with zero attached hydrogens (tertiary/aromatic N) is 1. The number of Topliss-reactive ketones (excluding diaryl/α,β-unsaturated/α-hetero) is 2. The maximum absolute atomic E-state index is 13.4. The van der Waals surface area contributed by atoms with Crippen LogP contribution in [0.15, 0.2) is 47.3 Å². The summed E-state index contributed by atoms with van der Waals surface area (Å²) < 4.78 is -0.134. The molecule has 4 rings (SSSR count). The lowest BCUT2D eigenvalue weighted by Gasteiger charge is -2.27. The number of aromatic hydroxyl groups is 1. The van der Waals surface area contributed by atoms with Gasteiger partial charge < -0.3 is 15.4 Å². The fraction of sp³-hybridized carbons (Fsp3) is 0.105. The van der Waals surface area contributed by atoms with E-state index in [4.69, 9.17) is 12.2 Å². The van der Waals surface area contributed by atoms with Crippen molar-refractivity contribution in [3.63, 3.8) is 0 Å². The van der Waals surface area contributed by atoms with E-state index in [1.54, 1.807) is 37.3 Å². The van der Waals surface area contributed by atoms with Gasteiger partial charge in [0.05, 0.1) is 0 Å². The number of pyridine rings is 1. The van der Waals surface area contributed by atoms with Crippen LogP contribution in [0.5, 0.6) is 5.88 Å². The Balaban J connectivity index is 2.04. The third-order valence-corrected chi connectivity index (χ3v) is 4.80. The number of fused-ring (bicyclic) bond motifs is 1. The van der Waals surface area contributed by atoms with Crippen molar-refractivity contribution in [3.8, 4) is 5.88 Å². The number of benzene rings is 1. The van der Waals surface area contributed by atoms with E-state index in [1.165, 1.54) is 12.1 Å². The molecule has 0 spiro atoms. The molecule has 9 heteroatoms. The number of H-pyrrole nitrogens is 2. The number of aromatic nitrogens is 3. The Morgan fingerprint density at radius 2 is 1.64 bits per heavy atom. The predicted molar refractivity (Wildman–Crippen MR) is 103 cm³/mol. The molecule has 1 aromatic carbocycles. The van der Waals surface area contributed by atoms with Crippen molar-refractivity contribution in [2.24, 2.45) is 0 Å². The van der Waals surface area contributed by atoms with Crippen LogP contribution in [-0.4, -0.2) is 31.6 Å². The van der Waals surface area contributed by atoms with Gasteiger partial charge in [0.1, 0.15) is 11.4 Å². The highest BCUT2D eigenvalue weighted by molar-refractivity contribution is 7.71. The topological polar surface area (TPSA) is 128 Å². The smallest absolute Gasteiger partial charge is 0.262 e. The van der Waals surface area contributed by atoms with Crippen molar-refractivity contribution in [2.75, 3.05) is 5.32 Å². The molecule has 0 saturated carbocycles. The van der Waals surface area contributed by atoms with Gasteiger partial charge in [0, 0.05) is 16.8 Å². The Labute approximate surface area is 163 Å². The molecule has 2 heterocycles. The molecule has 28 heavy (non-hydrogen) atoms. The van der Waals surface area contributed by atoms with Crippen LogP contribution in [-0.2, 0) is 5.54 Å². The van der Waals surface area contributed by atoms with Gasteiger partial charge in [-0.15, -0.1) is 0 Å². The van der Waals surface area contributed by atoms with Crippen LogP contribution in [0.25, 0.3) is 0 Å². The molecule has 1 aliphatic rings. The molecule has 0 fully saturated rings. The lowest BCUT2D eigenvalue weighted by atomic mass is 9.85. The number of nitrogens with one attached hydrogen (secondary N) is 3. The number of aryl methyl sites for hydroxylation is 1. The lowest BCUT2D eigenvalue weighted by molar-refractivity contribution is 0.0813. The van der Waals surface area contributed by atoms with E-state index >= 15 is 0 Å². The Morgan fingerprint density at radius 1 is 1.00 bits per heavy atom. The summed E-state index contributed by atoms with van der Waals surface area (Å²) in [6, 6.07) is 11.2. The van der Waals surface area contributed by atoms with E-state index in [0.29, 0.717) is 5.69 Å². The summed E-state index contributed by atoms with van der Waals surface area (Å²) in [5, 5.41) is 13.3. The zero-order valence-corrected chi connectivity index (χ0v) is 15.4. The minimum absolute atomic E-state index is 0.134. The van der Waals surface area contributed by atoms with Crippen LogP contribution in [0.3, 0.4) is 0 Å². The Kier molecular flexibility index (Phi) is 3.97. The van der Waals surface area contributed by atoms with Crippen molar-refractivity contribution in [1.82, 2.24) is 15.0 Å². The molecule has 4 N–H and O–H groups in total. The van der Waals surface area contributed by atoms with E-state index in [-0.39, 0.29) is 21.7 Å². The third-order valence-electron chi connectivity index (χ3n) is 4.60. The summed E-state index contributed by atoms with van der Waals surface area (Å²) in [6.07, 6.45) is 0. The van der Waals surface area contributed by atoms with Crippen LogP contribution < -0.4 is 10.9 Å². The maximum Gasteiger partial charge on any atom is 0.262 e. The molecule has 3 aromatic rings. The fourth-order valence-electron chi connectivity index (χ4n) is 3.42. The van der Waals surface area contributed by atoms with Gasteiger partial charge in [-0.2, -0.15) is 0 Å². The summed E-state index contributed by atoms with van der Waals surface area (Å²) >= 11 is 4.86. The van der Waals surface area contributed by atoms with Crippen molar-refractivity contribution in [3.05, 3.63) is 80.0 Å². The van der Waals surface area contributed by atoms with Crippen LogP contribution in [0.4, 0.5) is 5.82 Å². The highest BCUT2D eigenvalue weighted by Crippen LogP contribution is 2.41. The molecular weight excluding hydrogens is 380 g/mol. The van der Waals surface area contributed by atoms with E-state index < -0.39 is 34.1 Å². The highest BCUT2D eigenvalue weighted by atomic mass is 32.1. The van der Waals surface area contributed by atoms with Crippen LogP contribution >= 0.6 is 12.2 Å². The first-order chi connectivity index (χ1) is 13.3. The van der Waals surface area contributed by atoms with Crippen molar-refractivity contribution >= 4 is 29.6 Å². The monoisotopic (exact) mass is 394 g/mol. The Hall–Kier alpha value is -3.59. The average molecular weight is 394 g/mol. The number of ketones is 2. The Bertz CT molecular complexity index is 1230. The molecular formula is C19H14N4O4S. The zero-order valence-electron chi connectivity index (χ0n) is 14.6. The number of anilines is 1. The van der Waals surface area contributed by atoms with Crippen LogP contribution in [0.2, 0.25) is 0 Å². The highest BCUT2D eigenvalue weighted by Gasteiger charge is 2.57. The quantitative estimate of drug-likeness (QED) is 0.396. The van der Waals surface area contributed by atoms with Gasteiger partial charge in [-0.3, -0.25) is 19.4 Å². The number of hydrogen-bond acceptors (Lipinski definition) is 7. The largest absolute Gasteiger partial charge is 0.494 e. The number of rotatable bonds is 3. The van der Waals surface area contributed by atoms with Gasteiger partial charge in [-0.1, -0.05) is 30.3 Å². The van der Waals surface area contributed by atoms with Crippen molar-refractivity contribution in [1.29, 1.82) is 0 Å². The van der Waals surface area contributed by atoms with Gasteiger partial charge in [0.2, 0.25) is 23.0 Å². The predicted octanol–water partition coefficient (Wildman–Crippen LogP) is 2.23. The Morgan fingerprint density at radius 3 is 2.21 bits per heavy atom. The summed E-state index contributed by atoms with van der Waals surface area (Å²) in [5.41, 5.74) is -2.56. The number of carbonyl (C=O) groups is 2. The molecule has 8 nitrogen and oxygen atoms in total. The first-order valence-electron chi connectivity index (χ1n) is 8.31. The first kappa shape index (κ1) is 17.8. The standard InChI is InChI=1S/C19H14N4O4S/c1-9-5-4-8-12(20-9)23-19(13-16(26)21-18(28)22-17(13)27)14(24)10-6-2-3-7-11(10)15(19)25/h2-8H,1H3,(H,20,23)(H3,21,22,26,27,28). The van der Waals surface area contributed by atoms with Gasteiger partial charge in [0.25, 0.3) is 5.56 Å². The zero-order chi connectivity index (χ0) is 20.1. The van der Waals surface area contributed by atoms with E-state index in [9.17, 15) is 19.5 Å². The number of aromatic amines is 2. The normalized spacial score (nSPS) is 14.8. The minimum Gasteiger partial charge on any atom is -0.494 e. The molecule has 0 atom stereocenters. The molecule has 2 aromatic heterocycles. The lowest BCUT2D eigenvalue weighted by Crippen LogP contribution is -2.49. The van der Waals surface area contributed by atoms with Gasteiger partial charge in [0.15, 0.2) is 4.77 Å². The molecule has 0 aliphatic heterocycles. The van der Waals surface area contributed by atoms with E-state index in [0.717, 1.165) is 0 Å². The van der Waals surface area contributed by atoms with Crippen molar-refractivity contribution < 1.29 is 14.7 Å². The third kappa shape index (κ3) is 2.48. The minimum atomic E-state index is -2.18. The van der Waals surface area contributed by atoms with E-state index in [2.05, 4.69) is 20.3 Å². The fourth-order valence-corrected chi connectivity index (χ4v) is 3.61. The second-order valence-electron chi connectivity index (χ2n) is 6.37. The van der Waals surface area contributed by atoms with Gasteiger partial charge in [-0.05, 0) is 31.3 Å². The molecule has 0 amide bonds. The summed E-state index contributed by atoms with van der Waals surface area (Å²) in [5.74, 6) is -1.79. The maximum atomic E-state index is 13.4. The van der Waals surface area contributed by atoms with Crippen molar-refractivity contribution in [2.45, 2.75) is 12.5 Å². The summed E-state index contributed by atoms with van der Waals surface area (Å²) in [4.78, 5) is 48.5. The molecule has 0 bridgehead atoms. The second kappa shape index (κ2) is 6.24. The molecule has 0 radical (unpaired) electrons. The average Bonchev–Trinajstić information content (AvgIpc) is 2.84. The number of carbonyl (C=O) groups excluding carboxylic acids is 2. The van der Waals surface area contributed by atoms with Gasteiger partial charge in [-0.25, -0.2) is 4.98 Å². The van der Waals surface area contributed by atoms with Crippen LogP contribution in [0, 0.1) is 11.7 Å². The van der Waals surface area contributed by atoms with Crippen LogP contribution in [0.1, 0.15) is 32.0 Å². The van der Waals surface area contributed by atoms with E-state index in [1.807, 2.05) is 0 Å². The second-order valence-corrected chi connectivity index (χ2v) is 6.78. The molecule has 140 valence electrons. The summed E-state index contributed by atoms with van der Waals surface area (Å²) in [7, 11) is 0. The molecule has 1 aliphatic carbocycles. The number of hydrogen-bond donors (Lipinski definition) is 4. The van der Waals surface area contributed by atoms with Gasteiger partial charge >= 0.3 is 0 Å². The SMILES string of the molecule is Cc1cccc(NC2(c3c(O)[nH]c(=S)[nH]c3=O)C(=O)c3ccccc3C2=O)n1.